The monoisotopic (exact) mass is 439 g/mol. The third-order valence-electron chi connectivity index (χ3n) is 4.52. The van der Waals surface area contributed by atoms with Crippen LogP contribution < -0.4 is 10.9 Å². The third kappa shape index (κ3) is 3.71. The van der Waals surface area contributed by atoms with E-state index in [0.29, 0.717) is 39.1 Å². The van der Waals surface area contributed by atoms with E-state index in [1.54, 1.807) is 28.7 Å². The number of para-hydroxylation sites is 1. The lowest BCUT2D eigenvalue weighted by Crippen LogP contribution is -2.22. The van der Waals surface area contributed by atoms with Gasteiger partial charge in [0.05, 0.1) is 27.4 Å². The number of aryl methyl sites for hydroxylation is 1. The molecule has 0 saturated carbocycles. The maximum Gasteiger partial charge on any atom is 0.263 e. The molecule has 0 unspecified atom stereocenters. The number of hydrogen-bond donors (Lipinski definition) is 1. The highest BCUT2D eigenvalue weighted by atomic mass is 35.5. The molecule has 9 heteroatoms. The molecule has 0 aliphatic heterocycles. The van der Waals surface area contributed by atoms with E-state index in [0.717, 1.165) is 5.56 Å². The van der Waals surface area contributed by atoms with Gasteiger partial charge in [-0.2, -0.15) is 0 Å². The molecule has 1 amide bonds. The van der Waals surface area contributed by atoms with E-state index in [1.165, 1.54) is 16.3 Å². The molecule has 0 bridgehead atoms. The van der Waals surface area contributed by atoms with E-state index in [1.807, 2.05) is 31.2 Å². The summed E-state index contributed by atoms with van der Waals surface area (Å²) in [7, 11) is 0. The van der Waals surface area contributed by atoms with Gasteiger partial charge in [0.1, 0.15) is 0 Å². The van der Waals surface area contributed by atoms with Crippen molar-refractivity contribution in [2.75, 3.05) is 11.1 Å². The number of carbonyl (C=O) groups excluding carboxylic acids is 1. The highest BCUT2D eigenvalue weighted by molar-refractivity contribution is 7.99. The van der Waals surface area contributed by atoms with Crippen molar-refractivity contribution in [3.8, 4) is 0 Å². The molecular formula is C21H18ClN5O2S. The zero-order valence-electron chi connectivity index (χ0n) is 16.1. The zero-order chi connectivity index (χ0) is 21.3. The molecule has 0 aliphatic carbocycles. The number of rotatable bonds is 6. The number of nitrogens with one attached hydrogen (secondary N) is 1. The Morgan fingerprint density at radius 3 is 2.83 bits per heavy atom. The summed E-state index contributed by atoms with van der Waals surface area (Å²) in [4.78, 5) is 25.3. The average molecular weight is 440 g/mol. The van der Waals surface area contributed by atoms with Crippen LogP contribution in [0.15, 0.2) is 65.1 Å². The molecule has 0 spiro atoms. The number of thioether (sulfide) groups is 1. The number of halogens is 1. The number of nitrogens with zero attached hydrogens (tertiary/aromatic N) is 4. The van der Waals surface area contributed by atoms with Crippen LogP contribution in [0.5, 0.6) is 0 Å². The van der Waals surface area contributed by atoms with Crippen LogP contribution in [0, 0.1) is 6.92 Å². The fourth-order valence-corrected chi connectivity index (χ4v) is 4.18. The minimum atomic E-state index is -0.216. The van der Waals surface area contributed by atoms with Crippen LogP contribution in [0.1, 0.15) is 5.56 Å². The number of anilines is 1. The Hall–Kier alpha value is -3.10. The predicted octanol–water partition coefficient (Wildman–Crippen LogP) is 3.92. The highest BCUT2D eigenvalue weighted by Crippen LogP contribution is 2.24. The Kier molecular flexibility index (Phi) is 5.61. The number of hydrogen-bond acceptors (Lipinski definition) is 5. The first-order valence-corrected chi connectivity index (χ1v) is 10.5. The molecule has 152 valence electrons. The molecule has 0 saturated heterocycles. The largest absolute Gasteiger partial charge is 0.324 e. The quantitative estimate of drug-likeness (QED) is 0.363. The van der Waals surface area contributed by atoms with Gasteiger partial charge >= 0.3 is 0 Å². The van der Waals surface area contributed by atoms with Crippen molar-refractivity contribution in [2.45, 2.75) is 18.6 Å². The summed E-state index contributed by atoms with van der Waals surface area (Å²) in [5.74, 6) is 0.300. The second-order valence-electron chi connectivity index (χ2n) is 6.66. The number of benzene rings is 2. The molecule has 30 heavy (non-hydrogen) atoms. The Labute approximate surface area is 181 Å². The molecule has 2 aromatic carbocycles. The number of amides is 1. The molecule has 0 radical (unpaired) electrons. The van der Waals surface area contributed by atoms with Gasteiger partial charge in [-0.05, 0) is 36.8 Å². The molecule has 2 heterocycles. The molecule has 0 aliphatic rings. The lowest BCUT2D eigenvalue weighted by atomic mass is 10.2. The SMILES string of the molecule is C=CCn1c(=O)c2ccccc2n2c(SCC(=O)Nc3ccc(C)cc3Cl)nnc12. The van der Waals surface area contributed by atoms with Crippen molar-refractivity contribution in [3.05, 3.63) is 76.1 Å². The highest BCUT2D eigenvalue weighted by Gasteiger charge is 2.17. The fraction of sp³-hybridized carbons (Fsp3) is 0.143. The van der Waals surface area contributed by atoms with Crippen molar-refractivity contribution in [1.82, 2.24) is 19.2 Å². The van der Waals surface area contributed by atoms with Gasteiger partial charge in [0.15, 0.2) is 5.16 Å². The van der Waals surface area contributed by atoms with Gasteiger partial charge in [-0.1, -0.05) is 47.6 Å². The second-order valence-corrected chi connectivity index (χ2v) is 8.01. The summed E-state index contributed by atoms with van der Waals surface area (Å²) in [5, 5.41) is 12.8. The average Bonchev–Trinajstić information content (AvgIpc) is 3.16. The van der Waals surface area contributed by atoms with Gasteiger partial charge in [-0.15, -0.1) is 16.8 Å². The van der Waals surface area contributed by atoms with Crippen molar-refractivity contribution in [1.29, 1.82) is 0 Å². The van der Waals surface area contributed by atoms with Crippen LogP contribution in [0.2, 0.25) is 5.02 Å². The first-order chi connectivity index (χ1) is 14.5. The number of carbonyl (C=O) groups is 1. The van der Waals surface area contributed by atoms with Crippen LogP contribution in [-0.2, 0) is 11.3 Å². The number of aromatic nitrogens is 4. The van der Waals surface area contributed by atoms with Gasteiger partial charge in [-0.3, -0.25) is 18.6 Å². The third-order valence-corrected chi connectivity index (χ3v) is 5.76. The topological polar surface area (TPSA) is 81.3 Å². The van der Waals surface area contributed by atoms with Gasteiger partial charge in [0.25, 0.3) is 5.56 Å². The fourth-order valence-electron chi connectivity index (χ4n) is 3.16. The predicted molar refractivity (Wildman–Crippen MR) is 120 cm³/mol. The molecular weight excluding hydrogens is 422 g/mol. The number of allylic oxidation sites excluding steroid dienone is 1. The molecule has 0 fully saturated rings. The van der Waals surface area contributed by atoms with Crippen molar-refractivity contribution >= 4 is 51.6 Å². The molecule has 4 rings (SSSR count). The maximum absolute atomic E-state index is 12.8. The standard InChI is InChI=1S/C21H18ClN5O2S/c1-3-10-26-19(29)14-6-4-5-7-17(14)27-20(26)24-25-21(27)30-12-18(28)23-16-9-8-13(2)11-15(16)22/h3-9,11H,1,10,12H2,2H3,(H,23,28). The van der Waals surface area contributed by atoms with Crippen LogP contribution in [0.25, 0.3) is 16.7 Å². The zero-order valence-corrected chi connectivity index (χ0v) is 17.7. The lowest BCUT2D eigenvalue weighted by Gasteiger charge is -2.10. The van der Waals surface area contributed by atoms with Crippen LogP contribution >= 0.6 is 23.4 Å². The molecule has 1 N–H and O–H groups in total. The van der Waals surface area contributed by atoms with E-state index < -0.39 is 0 Å². The van der Waals surface area contributed by atoms with Crippen molar-refractivity contribution < 1.29 is 4.79 Å². The van der Waals surface area contributed by atoms with Gasteiger partial charge in [0.2, 0.25) is 11.7 Å². The lowest BCUT2D eigenvalue weighted by molar-refractivity contribution is -0.113. The Morgan fingerprint density at radius 1 is 1.27 bits per heavy atom. The van der Waals surface area contributed by atoms with E-state index in [2.05, 4.69) is 22.1 Å². The summed E-state index contributed by atoms with van der Waals surface area (Å²) in [5.41, 5.74) is 2.10. The van der Waals surface area contributed by atoms with Crippen molar-refractivity contribution in [2.24, 2.45) is 0 Å². The molecule has 4 aromatic rings. The first-order valence-electron chi connectivity index (χ1n) is 9.16. The van der Waals surface area contributed by atoms with E-state index in [4.69, 9.17) is 11.6 Å². The summed E-state index contributed by atoms with van der Waals surface area (Å²) in [6.07, 6.45) is 1.64. The minimum Gasteiger partial charge on any atom is -0.324 e. The normalized spacial score (nSPS) is 11.1. The van der Waals surface area contributed by atoms with E-state index in [9.17, 15) is 9.59 Å². The Balaban J connectivity index is 1.66. The van der Waals surface area contributed by atoms with Gasteiger partial charge in [-0.25, -0.2) is 0 Å². The first kappa shape index (κ1) is 20.2. The van der Waals surface area contributed by atoms with Crippen molar-refractivity contribution in [3.63, 3.8) is 0 Å². The van der Waals surface area contributed by atoms with Crippen LogP contribution in [0.3, 0.4) is 0 Å². The minimum absolute atomic E-state index is 0.111. The molecule has 2 aromatic heterocycles. The van der Waals surface area contributed by atoms with Gasteiger partial charge < -0.3 is 5.32 Å². The molecule has 7 nitrogen and oxygen atoms in total. The van der Waals surface area contributed by atoms with E-state index >= 15 is 0 Å². The smallest absolute Gasteiger partial charge is 0.263 e. The Bertz CT molecular complexity index is 1340. The van der Waals surface area contributed by atoms with E-state index in [-0.39, 0.29) is 17.2 Å². The summed E-state index contributed by atoms with van der Waals surface area (Å²) in [6.45, 7) is 5.96. The molecule has 0 atom stereocenters. The van der Waals surface area contributed by atoms with Gasteiger partial charge in [0, 0.05) is 6.54 Å². The maximum atomic E-state index is 12.8. The summed E-state index contributed by atoms with van der Waals surface area (Å²) >= 11 is 7.42. The van der Waals surface area contributed by atoms with Crippen LogP contribution in [0.4, 0.5) is 5.69 Å². The summed E-state index contributed by atoms with van der Waals surface area (Å²) in [6, 6.07) is 12.7. The summed E-state index contributed by atoms with van der Waals surface area (Å²) < 4.78 is 3.30. The second kappa shape index (κ2) is 8.33. The number of fused-ring (bicyclic) bond motifs is 3. The Morgan fingerprint density at radius 2 is 2.07 bits per heavy atom. The van der Waals surface area contributed by atoms with Crippen LogP contribution in [-0.4, -0.2) is 30.8 Å².